The molecular weight excluding hydrogens is 636 g/mol. The van der Waals surface area contributed by atoms with Crippen LogP contribution in [-0.4, -0.2) is 35.9 Å². The van der Waals surface area contributed by atoms with Gasteiger partial charge in [-0.05, 0) is 42.9 Å². The molecule has 1 fully saturated rings. The number of nitrogens with two attached hydrogens (primary N) is 1. The van der Waals surface area contributed by atoms with E-state index in [1.165, 1.54) is 30.3 Å². The summed E-state index contributed by atoms with van der Waals surface area (Å²) in [6.07, 6.45) is -0.213. The molecule has 6 rings (SSSR count). The second-order valence-corrected chi connectivity index (χ2v) is 11.8. The van der Waals surface area contributed by atoms with E-state index >= 15 is 8.78 Å². The fourth-order valence-electron chi connectivity index (χ4n) is 5.10. The molecule has 4 aromatic carbocycles. The second kappa shape index (κ2) is 14.5. The number of nitrogens with one attached hydrogen (secondary N) is 1. The summed E-state index contributed by atoms with van der Waals surface area (Å²) in [6, 6.07) is 29.1. The van der Waals surface area contributed by atoms with Crippen LogP contribution in [-0.2, 0) is 6.61 Å². The van der Waals surface area contributed by atoms with E-state index in [0.717, 1.165) is 24.2 Å². The van der Waals surface area contributed by atoms with Crippen LogP contribution in [0.5, 0.6) is 29.0 Å². The molecule has 3 N–H and O–H groups in total. The van der Waals surface area contributed by atoms with Gasteiger partial charge in [0.15, 0.2) is 11.5 Å². The van der Waals surface area contributed by atoms with Gasteiger partial charge in [-0.15, -0.1) is 0 Å². The Morgan fingerprint density at radius 1 is 0.958 bits per heavy atom. The first-order valence-corrected chi connectivity index (χ1v) is 15.7. The molecule has 9 nitrogen and oxygen atoms in total. The van der Waals surface area contributed by atoms with E-state index in [9.17, 15) is 10.1 Å². The van der Waals surface area contributed by atoms with Crippen LogP contribution < -0.4 is 25.3 Å². The fourth-order valence-corrected chi connectivity index (χ4v) is 6.10. The summed E-state index contributed by atoms with van der Waals surface area (Å²) in [7, 11) is 1.95. The van der Waals surface area contributed by atoms with Gasteiger partial charge in [-0.1, -0.05) is 72.4 Å². The van der Waals surface area contributed by atoms with Gasteiger partial charge in [0, 0.05) is 29.6 Å². The number of para-hydroxylation sites is 1. The summed E-state index contributed by atoms with van der Waals surface area (Å²) in [4.78, 5) is 18.1. The van der Waals surface area contributed by atoms with Gasteiger partial charge in [-0.2, -0.15) is 19.0 Å². The number of likely N-dealkylation sites (N-methyl/N-ethyl adjacent to an activating group) is 1. The van der Waals surface area contributed by atoms with Gasteiger partial charge in [0.2, 0.25) is 17.5 Å². The number of nitrogens with zero attached hydrogens (tertiary/aromatic N) is 3. The predicted molar refractivity (Wildman–Crippen MR) is 175 cm³/mol. The van der Waals surface area contributed by atoms with Crippen LogP contribution in [0, 0.1) is 23.0 Å². The number of halogens is 2. The van der Waals surface area contributed by atoms with Crippen LogP contribution in [0.2, 0.25) is 0 Å². The Bertz CT molecular complexity index is 2010. The number of aromatic nitrogens is 1. The summed E-state index contributed by atoms with van der Waals surface area (Å²) < 4.78 is 50.7. The normalized spacial score (nSPS) is 14.3. The fraction of sp³-hybridized carbons (Fsp3) is 0.139. The Labute approximate surface area is 279 Å². The van der Waals surface area contributed by atoms with E-state index in [1.54, 1.807) is 24.3 Å². The van der Waals surface area contributed by atoms with E-state index < -0.39 is 34.2 Å². The maximum absolute atomic E-state index is 16.4. The van der Waals surface area contributed by atoms with Crippen LogP contribution in [0.4, 0.5) is 8.78 Å². The zero-order chi connectivity index (χ0) is 33.6. The Hall–Kier alpha value is -5.48. The average molecular weight is 666 g/mol. The molecule has 1 amide bonds. The van der Waals surface area contributed by atoms with Crippen molar-refractivity contribution in [1.82, 2.24) is 15.2 Å². The highest BCUT2D eigenvalue weighted by Crippen LogP contribution is 2.43. The Morgan fingerprint density at radius 3 is 2.35 bits per heavy atom. The van der Waals surface area contributed by atoms with Crippen molar-refractivity contribution in [3.63, 3.8) is 0 Å². The summed E-state index contributed by atoms with van der Waals surface area (Å²) in [5.74, 6) is -3.79. The third kappa shape index (κ3) is 7.08. The van der Waals surface area contributed by atoms with Crippen molar-refractivity contribution in [3.05, 3.63) is 131 Å². The lowest BCUT2D eigenvalue weighted by atomic mass is 10.1. The maximum Gasteiger partial charge on any atom is 0.260 e. The molecule has 2 heterocycles. The molecule has 1 aliphatic rings. The minimum Gasteiger partial charge on any atom is -0.485 e. The standard InChI is InChI=1S/C36H29F2N5O4S/c1-43-18-17-41-34(43)24-11-5-7-13-26(24)46-35-30(37)32(48-29-14-8-6-12-25(29)33(40)44)31(38)36(42-35)47-28-19-23(20-39)15-16-27(28)45-21-22-9-3-2-4-10-22/h2-16,19,34,41H,17-18,21H2,1H3,(H2,40,44). The van der Waals surface area contributed by atoms with Crippen LogP contribution in [0.3, 0.4) is 0 Å². The second-order valence-electron chi connectivity index (χ2n) is 10.8. The van der Waals surface area contributed by atoms with E-state index in [0.29, 0.717) is 17.5 Å². The Morgan fingerprint density at radius 2 is 1.65 bits per heavy atom. The number of carbonyl (C=O) groups is 1. The average Bonchev–Trinajstić information content (AvgIpc) is 3.54. The number of rotatable bonds is 11. The molecule has 1 atom stereocenters. The van der Waals surface area contributed by atoms with Crippen molar-refractivity contribution in [3.8, 4) is 35.1 Å². The molecule has 0 radical (unpaired) electrons. The van der Waals surface area contributed by atoms with E-state index in [4.69, 9.17) is 19.9 Å². The number of pyridine rings is 1. The van der Waals surface area contributed by atoms with Gasteiger partial charge >= 0.3 is 0 Å². The Kier molecular flexibility index (Phi) is 9.82. The van der Waals surface area contributed by atoms with Gasteiger partial charge in [-0.25, -0.2) is 0 Å². The first-order chi connectivity index (χ1) is 23.3. The van der Waals surface area contributed by atoms with Crippen molar-refractivity contribution in [2.45, 2.75) is 22.6 Å². The molecule has 0 spiro atoms. The van der Waals surface area contributed by atoms with Crippen molar-refractivity contribution in [1.29, 1.82) is 5.26 Å². The molecule has 1 unspecified atom stereocenters. The summed E-state index contributed by atoms with van der Waals surface area (Å²) in [5.41, 5.74) is 7.42. The molecule has 242 valence electrons. The molecule has 0 bridgehead atoms. The zero-order valence-corrected chi connectivity index (χ0v) is 26.5. The van der Waals surface area contributed by atoms with E-state index in [1.807, 2.05) is 55.6 Å². The molecule has 1 saturated heterocycles. The molecular formula is C36H29F2N5O4S. The van der Waals surface area contributed by atoms with Crippen LogP contribution >= 0.6 is 11.8 Å². The summed E-state index contributed by atoms with van der Waals surface area (Å²) in [5, 5.41) is 13.0. The van der Waals surface area contributed by atoms with Crippen molar-refractivity contribution in [2.24, 2.45) is 5.73 Å². The van der Waals surface area contributed by atoms with Gasteiger partial charge in [-0.3, -0.25) is 15.0 Å². The molecule has 48 heavy (non-hydrogen) atoms. The SMILES string of the molecule is CN1CCNC1c1ccccc1Oc1nc(Oc2cc(C#N)ccc2OCc2ccccc2)c(F)c(Sc2ccccc2C(N)=O)c1F. The highest BCUT2D eigenvalue weighted by Gasteiger charge is 2.29. The number of hydrogen-bond acceptors (Lipinski definition) is 9. The highest BCUT2D eigenvalue weighted by molar-refractivity contribution is 7.99. The van der Waals surface area contributed by atoms with E-state index in [-0.39, 0.29) is 40.3 Å². The molecule has 0 saturated carbocycles. The quantitative estimate of drug-likeness (QED) is 0.151. The minimum absolute atomic E-state index is 0.0281. The van der Waals surface area contributed by atoms with E-state index in [2.05, 4.69) is 15.2 Å². The maximum atomic E-state index is 16.4. The van der Waals surface area contributed by atoms with Crippen LogP contribution in [0.15, 0.2) is 107 Å². The van der Waals surface area contributed by atoms with Gasteiger partial charge in [0.1, 0.15) is 12.4 Å². The van der Waals surface area contributed by atoms with Gasteiger partial charge in [0.05, 0.1) is 28.3 Å². The van der Waals surface area contributed by atoms with Crippen LogP contribution in [0.1, 0.15) is 33.2 Å². The zero-order valence-electron chi connectivity index (χ0n) is 25.7. The molecule has 12 heteroatoms. The summed E-state index contributed by atoms with van der Waals surface area (Å²) in [6.45, 7) is 1.69. The minimum atomic E-state index is -1.16. The van der Waals surface area contributed by atoms with Gasteiger partial charge in [0.25, 0.3) is 11.8 Å². The monoisotopic (exact) mass is 665 g/mol. The lowest BCUT2D eigenvalue weighted by molar-refractivity contribution is 0.0997. The number of nitriles is 1. The number of carbonyl (C=O) groups excluding carboxylic acids is 1. The molecule has 1 aliphatic heterocycles. The largest absolute Gasteiger partial charge is 0.485 e. The summed E-state index contributed by atoms with van der Waals surface area (Å²) >= 11 is 0.640. The van der Waals surface area contributed by atoms with Gasteiger partial charge < -0.3 is 19.9 Å². The number of amides is 1. The molecule has 0 aliphatic carbocycles. The van der Waals surface area contributed by atoms with Crippen molar-refractivity contribution < 1.29 is 27.8 Å². The molecule has 5 aromatic rings. The lowest BCUT2D eigenvalue weighted by Gasteiger charge is -2.22. The number of ether oxygens (including phenoxy) is 3. The Balaban J connectivity index is 1.44. The third-order valence-corrected chi connectivity index (χ3v) is 8.66. The highest BCUT2D eigenvalue weighted by atomic mass is 32.2. The smallest absolute Gasteiger partial charge is 0.260 e. The topological polar surface area (TPSA) is 123 Å². The third-order valence-electron chi connectivity index (χ3n) is 7.52. The van der Waals surface area contributed by atoms with Crippen LogP contribution in [0.25, 0.3) is 0 Å². The lowest BCUT2D eigenvalue weighted by Crippen LogP contribution is -2.24. The first-order valence-electron chi connectivity index (χ1n) is 14.9. The van der Waals surface area contributed by atoms with Crippen molar-refractivity contribution in [2.75, 3.05) is 20.1 Å². The first kappa shape index (κ1) is 32.5. The van der Waals surface area contributed by atoms with Crippen molar-refractivity contribution >= 4 is 17.7 Å². The number of primary amides is 1. The predicted octanol–water partition coefficient (Wildman–Crippen LogP) is 7.18. The number of benzene rings is 4. The number of hydrogen-bond donors (Lipinski definition) is 2. The molecule has 1 aromatic heterocycles.